The molecule has 31 heavy (non-hydrogen) atoms. The van der Waals surface area contributed by atoms with Gasteiger partial charge in [0.2, 0.25) is 0 Å². The van der Waals surface area contributed by atoms with Crippen LogP contribution in [0.3, 0.4) is 0 Å². The third kappa shape index (κ3) is 4.34. The van der Waals surface area contributed by atoms with Crippen LogP contribution in [0.25, 0.3) is 6.08 Å². The molecule has 0 spiro atoms. The summed E-state index contributed by atoms with van der Waals surface area (Å²) in [5, 5.41) is 1.53. The molecule has 154 valence electrons. The number of carbonyl (C=O) groups excluding carboxylic acids is 3. The number of nitrogens with one attached hydrogen (secondary N) is 1. The summed E-state index contributed by atoms with van der Waals surface area (Å²) in [5.41, 5.74) is 4.61. The maximum Gasteiger partial charge on any atom is 0.343 e. The second kappa shape index (κ2) is 8.45. The Labute approximate surface area is 183 Å². The molecule has 2 amide bonds. The highest BCUT2D eigenvalue weighted by Crippen LogP contribution is 2.28. The third-order valence-corrected chi connectivity index (χ3v) is 4.87. The molecular formula is C24H17ClN2O4. The van der Waals surface area contributed by atoms with Crippen molar-refractivity contribution < 1.29 is 19.1 Å². The van der Waals surface area contributed by atoms with Gasteiger partial charge in [0.25, 0.3) is 11.8 Å². The second-order valence-electron chi connectivity index (χ2n) is 6.92. The molecule has 7 heteroatoms. The predicted octanol–water partition coefficient (Wildman–Crippen LogP) is 4.33. The maximum absolute atomic E-state index is 12.8. The highest BCUT2D eigenvalue weighted by Gasteiger charge is 2.34. The Morgan fingerprint density at radius 3 is 2.52 bits per heavy atom. The van der Waals surface area contributed by atoms with Crippen molar-refractivity contribution in [3.63, 3.8) is 0 Å². The minimum atomic E-state index is -0.565. The van der Waals surface area contributed by atoms with E-state index in [0.717, 1.165) is 10.6 Å². The van der Waals surface area contributed by atoms with Crippen molar-refractivity contribution in [1.29, 1.82) is 0 Å². The van der Waals surface area contributed by atoms with Crippen molar-refractivity contribution in [3.05, 3.63) is 100 Å². The molecule has 3 aromatic rings. The molecule has 0 aromatic heterocycles. The number of hydrogen-bond donors (Lipinski definition) is 1. The van der Waals surface area contributed by atoms with Crippen LogP contribution in [0, 0.1) is 6.92 Å². The van der Waals surface area contributed by atoms with Crippen LogP contribution >= 0.6 is 11.6 Å². The molecule has 1 saturated heterocycles. The number of esters is 1. The Bertz CT molecular complexity index is 1220. The summed E-state index contributed by atoms with van der Waals surface area (Å²) in [5.74, 6) is -1.46. The molecule has 1 aliphatic rings. The topological polar surface area (TPSA) is 75.7 Å². The highest BCUT2D eigenvalue weighted by atomic mass is 35.5. The number of anilines is 1. The van der Waals surface area contributed by atoms with Crippen molar-refractivity contribution in [1.82, 2.24) is 5.43 Å². The zero-order valence-corrected chi connectivity index (χ0v) is 17.2. The van der Waals surface area contributed by atoms with Gasteiger partial charge in [-0.3, -0.25) is 15.0 Å². The summed E-state index contributed by atoms with van der Waals surface area (Å²) in [6, 6.07) is 20.3. The van der Waals surface area contributed by atoms with Crippen molar-refractivity contribution in [3.8, 4) is 5.75 Å². The van der Waals surface area contributed by atoms with Gasteiger partial charge < -0.3 is 4.74 Å². The van der Waals surface area contributed by atoms with Gasteiger partial charge >= 0.3 is 5.97 Å². The molecule has 6 nitrogen and oxygen atoms in total. The van der Waals surface area contributed by atoms with Crippen molar-refractivity contribution in [2.24, 2.45) is 0 Å². The number of aryl methyl sites for hydroxylation is 1. The lowest BCUT2D eigenvalue weighted by Gasteiger charge is -2.14. The van der Waals surface area contributed by atoms with E-state index in [1.807, 2.05) is 19.1 Å². The molecule has 0 atom stereocenters. The first-order valence-corrected chi connectivity index (χ1v) is 9.81. The lowest BCUT2D eigenvalue weighted by Crippen LogP contribution is -2.35. The van der Waals surface area contributed by atoms with Crippen molar-refractivity contribution >= 4 is 41.1 Å². The van der Waals surface area contributed by atoms with E-state index >= 15 is 0 Å². The van der Waals surface area contributed by atoms with Gasteiger partial charge in [-0.1, -0.05) is 47.5 Å². The van der Waals surface area contributed by atoms with Crippen LogP contribution < -0.4 is 15.2 Å². The van der Waals surface area contributed by atoms with Crippen LogP contribution in [0.2, 0.25) is 5.02 Å². The first-order valence-electron chi connectivity index (χ1n) is 9.43. The Morgan fingerprint density at radius 1 is 1.00 bits per heavy atom. The fourth-order valence-corrected chi connectivity index (χ4v) is 3.31. The Balaban J connectivity index is 1.66. The van der Waals surface area contributed by atoms with Crippen molar-refractivity contribution in [2.45, 2.75) is 6.92 Å². The predicted molar refractivity (Wildman–Crippen MR) is 118 cm³/mol. The molecule has 4 rings (SSSR count). The van der Waals surface area contributed by atoms with Crippen LogP contribution in [0.1, 0.15) is 21.5 Å². The maximum atomic E-state index is 12.8. The molecule has 0 bridgehead atoms. The number of halogens is 1. The molecule has 1 heterocycles. The third-order valence-electron chi connectivity index (χ3n) is 4.63. The van der Waals surface area contributed by atoms with E-state index in [2.05, 4.69) is 5.43 Å². The average Bonchev–Trinajstić information content (AvgIpc) is 3.04. The number of nitrogens with zero attached hydrogens (tertiary/aromatic N) is 1. The van der Waals surface area contributed by atoms with E-state index in [1.165, 1.54) is 18.2 Å². The van der Waals surface area contributed by atoms with E-state index in [0.29, 0.717) is 21.8 Å². The van der Waals surface area contributed by atoms with Crippen LogP contribution in [-0.2, 0) is 9.59 Å². The fourth-order valence-electron chi connectivity index (χ4n) is 3.13. The minimum Gasteiger partial charge on any atom is -0.422 e. The molecule has 0 saturated carbocycles. The zero-order valence-electron chi connectivity index (χ0n) is 16.5. The molecule has 1 fully saturated rings. The second-order valence-corrected chi connectivity index (χ2v) is 7.35. The van der Waals surface area contributed by atoms with Crippen LogP contribution in [0.4, 0.5) is 5.69 Å². The van der Waals surface area contributed by atoms with Gasteiger partial charge in [0, 0.05) is 10.6 Å². The standard InChI is InChI=1S/C24H17ClN2O4/c1-15-6-5-7-16(12-15)24(30)31-21-11-10-18(25)13-17(21)14-20-22(28)26-27(23(20)29)19-8-3-2-4-9-19/h2-14H,1H3,(H,26,28). The van der Waals surface area contributed by atoms with Crippen LogP contribution in [0.15, 0.2) is 78.4 Å². The smallest absolute Gasteiger partial charge is 0.343 e. The van der Waals surface area contributed by atoms with E-state index in [-0.39, 0.29) is 11.3 Å². The largest absolute Gasteiger partial charge is 0.422 e. The first kappa shape index (κ1) is 20.4. The number of rotatable bonds is 4. The Kier molecular flexibility index (Phi) is 5.56. The van der Waals surface area contributed by atoms with E-state index in [9.17, 15) is 14.4 Å². The quantitative estimate of drug-likeness (QED) is 0.288. The van der Waals surface area contributed by atoms with Gasteiger partial charge in [0.15, 0.2) is 0 Å². The monoisotopic (exact) mass is 432 g/mol. The van der Waals surface area contributed by atoms with E-state index in [4.69, 9.17) is 16.3 Å². The molecule has 0 aliphatic carbocycles. The minimum absolute atomic E-state index is 0.0982. The van der Waals surface area contributed by atoms with Gasteiger partial charge in [0.05, 0.1) is 11.3 Å². The summed E-state index contributed by atoms with van der Waals surface area (Å²) in [4.78, 5) is 37.9. The number of para-hydroxylation sites is 1. The molecule has 1 N–H and O–H groups in total. The summed E-state index contributed by atoms with van der Waals surface area (Å²) in [6.45, 7) is 1.87. The SMILES string of the molecule is Cc1cccc(C(=O)Oc2ccc(Cl)cc2C=C2C(=O)NN(c3ccccc3)C2=O)c1. The molecule has 0 radical (unpaired) electrons. The number of ether oxygens (including phenoxy) is 1. The number of hydrazine groups is 1. The Hall–Kier alpha value is -3.90. The molecule has 0 unspecified atom stereocenters. The summed E-state index contributed by atoms with van der Waals surface area (Å²) in [7, 11) is 0. The van der Waals surface area contributed by atoms with Crippen LogP contribution in [-0.4, -0.2) is 17.8 Å². The lowest BCUT2D eigenvalue weighted by molar-refractivity contribution is -0.117. The van der Waals surface area contributed by atoms with E-state index in [1.54, 1.807) is 48.5 Å². The van der Waals surface area contributed by atoms with Gasteiger partial charge in [-0.05, 0) is 55.5 Å². The fraction of sp³-hybridized carbons (Fsp3) is 0.0417. The van der Waals surface area contributed by atoms with Gasteiger partial charge in [0.1, 0.15) is 11.3 Å². The Morgan fingerprint density at radius 2 is 1.77 bits per heavy atom. The van der Waals surface area contributed by atoms with E-state index < -0.39 is 17.8 Å². The summed E-state index contributed by atoms with van der Waals surface area (Å²) < 4.78 is 5.54. The number of benzene rings is 3. The zero-order chi connectivity index (χ0) is 22.0. The first-order chi connectivity index (χ1) is 14.9. The van der Waals surface area contributed by atoms with Crippen molar-refractivity contribution in [2.75, 3.05) is 5.01 Å². The molecule has 3 aromatic carbocycles. The summed E-state index contributed by atoms with van der Waals surface area (Å²) >= 11 is 6.11. The van der Waals surface area contributed by atoms with Gasteiger partial charge in [-0.25, -0.2) is 9.80 Å². The number of hydrogen-bond acceptors (Lipinski definition) is 4. The highest BCUT2D eigenvalue weighted by molar-refractivity contribution is 6.32. The number of carbonyl (C=O) groups is 3. The van der Waals surface area contributed by atoms with Crippen LogP contribution in [0.5, 0.6) is 5.75 Å². The van der Waals surface area contributed by atoms with Gasteiger partial charge in [-0.15, -0.1) is 0 Å². The lowest BCUT2D eigenvalue weighted by atomic mass is 10.1. The number of amides is 2. The summed E-state index contributed by atoms with van der Waals surface area (Å²) in [6.07, 6.45) is 1.37. The van der Waals surface area contributed by atoms with Gasteiger partial charge in [-0.2, -0.15) is 0 Å². The normalized spacial score (nSPS) is 14.6. The average molecular weight is 433 g/mol. The molecule has 1 aliphatic heterocycles. The molecular weight excluding hydrogens is 416 g/mol.